The van der Waals surface area contributed by atoms with Crippen molar-refractivity contribution in [2.75, 3.05) is 37.1 Å². The van der Waals surface area contributed by atoms with Crippen LogP contribution in [0.15, 0.2) is 53.5 Å². The van der Waals surface area contributed by atoms with E-state index in [1.54, 1.807) is 32.4 Å². The van der Waals surface area contributed by atoms with Gasteiger partial charge >= 0.3 is 0 Å². The first-order chi connectivity index (χ1) is 13.0. The Bertz CT molecular complexity index is 870. The first-order valence-electron chi connectivity index (χ1n) is 8.49. The third kappa shape index (κ3) is 3.86. The molecule has 2 aromatic rings. The Morgan fingerprint density at radius 2 is 1.85 bits per heavy atom. The number of nitrogens with zero attached hydrogens (tertiary/aromatic N) is 3. The van der Waals surface area contributed by atoms with Crippen molar-refractivity contribution in [3.63, 3.8) is 0 Å². The van der Waals surface area contributed by atoms with Gasteiger partial charge in [0.05, 0.1) is 24.5 Å². The van der Waals surface area contributed by atoms with Crippen LogP contribution in [-0.2, 0) is 14.3 Å². The largest absolute Gasteiger partial charge is 0.383 e. The number of hydrogen-bond donors (Lipinski definition) is 0. The highest BCUT2D eigenvalue weighted by atomic mass is 35.5. The maximum Gasteiger partial charge on any atom is 0.249 e. The zero-order chi connectivity index (χ0) is 19.4. The van der Waals surface area contributed by atoms with E-state index >= 15 is 0 Å². The molecule has 0 saturated heterocycles. The minimum absolute atomic E-state index is 0.344. The van der Waals surface area contributed by atoms with Gasteiger partial charge in [-0.25, -0.2) is 0 Å². The summed E-state index contributed by atoms with van der Waals surface area (Å²) in [5.41, 5.74) is 1.82. The number of carbonyl (C=O) groups is 2. The van der Waals surface area contributed by atoms with Crippen molar-refractivity contribution in [3.05, 3.63) is 53.6 Å². The van der Waals surface area contributed by atoms with Gasteiger partial charge in [-0.2, -0.15) is 0 Å². The van der Waals surface area contributed by atoms with E-state index in [4.69, 9.17) is 16.3 Å². The van der Waals surface area contributed by atoms with E-state index in [0.29, 0.717) is 35.2 Å². The maximum atomic E-state index is 13.4. The molecule has 0 aromatic heterocycles. The van der Waals surface area contributed by atoms with Crippen molar-refractivity contribution >= 4 is 46.7 Å². The van der Waals surface area contributed by atoms with Gasteiger partial charge in [0, 0.05) is 31.1 Å². The number of hydrogen-bond acceptors (Lipinski definition) is 4. The number of benzene rings is 2. The van der Waals surface area contributed by atoms with E-state index in [1.165, 1.54) is 16.0 Å². The van der Waals surface area contributed by atoms with Gasteiger partial charge < -0.3 is 9.64 Å². The fourth-order valence-corrected chi connectivity index (χ4v) is 3.11. The molecule has 1 aliphatic rings. The highest BCUT2D eigenvalue weighted by molar-refractivity contribution is 6.32. The van der Waals surface area contributed by atoms with E-state index in [2.05, 4.69) is 4.99 Å². The molecule has 140 valence electrons. The minimum Gasteiger partial charge on any atom is -0.383 e. The van der Waals surface area contributed by atoms with Gasteiger partial charge in [-0.3, -0.25) is 19.5 Å². The molecule has 1 unspecified atom stereocenters. The van der Waals surface area contributed by atoms with Crippen LogP contribution in [0.2, 0.25) is 5.02 Å². The van der Waals surface area contributed by atoms with Crippen LogP contribution in [-0.4, -0.2) is 45.3 Å². The Kier molecular flexibility index (Phi) is 5.88. The molecule has 0 bridgehead atoms. The number of para-hydroxylation sites is 1. The van der Waals surface area contributed by atoms with Crippen molar-refractivity contribution in [3.8, 4) is 0 Å². The van der Waals surface area contributed by atoms with Crippen LogP contribution in [0.25, 0.3) is 0 Å². The lowest BCUT2D eigenvalue weighted by molar-refractivity contribution is -0.128. The standard InChI is InChI=1S/C20H20ClN3O3/c1-23-17-9-8-14(21)12-18(17)24(15-6-4-3-5-7-15)20(26)16(19(23)25)13-22-10-11-27-2/h3-9,12-13,16H,10-11H2,1-2H3. The van der Waals surface area contributed by atoms with Gasteiger partial charge in [0.2, 0.25) is 11.8 Å². The lowest BCUT2D eigenvalue weighted by Crippen LogP contribution is -2.40. The van der Waals surface area contributed by atoms with Crippen molar-refractivity contribution in [1.29, 1.82) is 0 Å². The molecule has 2 amide bonds. The number of carbonyl (C=O) groups excluding carboxylic acids is 2. The number of rotatable bonds is 5. The number of anilines is 3. The monoisotopic (exact) mass is 385 g/mol. The summed E-state index contributed by atoms with van der Waals surface area (Å²) in [4.78, 5) is 33.5. The van der Waals surface area contributed by atoms with Crippen LogP contribution in [0, 0.1) is 5.92 Å². The van der Waals surface area contributed by atoms with E-state index in [0.717, 1.165) is 0 Å². The van der Waals surface area contributed by atoms with Crippen molar-refractivity contribution in [2.45, 2.75) is 0 Å². The van der Waals surface area contributed by atoms with Gasteiger partial charge in [0.1, 0.15) is 0 Å². The molecule has 0 saturated carbocycles. The summed E-state index contributed by atoms with van der Waals surface area (Å²) in [5.74, 6) is -1.75. The average molecular weight is 386 g/mol. The Balaban J connectivity index is 2.12. The summed E-state index contributed by atoms with van der Waals surface area (Å²) in [6.07, 6.45) is 1.41. The summed E-state index contributed by atoms with van der Waals surface area (Å²) in [6, 6.07) is 14.3. The Morgan fingerprint density at radius 1 is 1.11 bits per heavy atom. The molecule has 0 aliphatic carbocycles. The summed E-state index contributed by atoms with van der Waals surface area (Å²) in [7, 11) is 3.22. The molecule has 1 heterocycles. The molecule has 0 radical (unpaired) electrons. The molecule has 27 heavy (non-hydrogen) atoms. The molecule has 0 spiro atoms. The van der Waals surface area contributed by atoms with Crippen LogP contribution in [0.1, 0.15) is 0 Å². The highest BCUT2D eigenvalue weighted by Gasteiger charge is 2.38. The fraction of sp³-hybridized carbons (Fsp3) is 0.250. The van der Waals surface area contributed by atoms with E-state index in [9.17, 15) is 9.59 Å². The van der Waals surface area contributed by atoms with Gasteiger partial charge in [-0.15, -0.1) is 0 Å². The van der Waals surface area contributed by atoms with Crippen LogP contribution < -0.4 is 9.80 Å². The molecular formula is C20H20ClN3O3. The second-order valence-corrected chi connectivity index (χ2v) is 6.50. The predicted molar refractivity (Wildman–Crippen MR) is 107 cm³/mol. The van der Waals surface area contributed by atoms with Crippen molar-refractivity contribution < 1.29 is 14.3 Å². The van der Waals surface area contributed by atoms with Gasteiger partial charge in [-0.1, -0.05) is 29.8 Å². The first-order valence-corrected chi connectivity index (χ1v) is 8.87. The average Bonchev–Trinajstić information content (AvgIpc) is 2.74. The number of ether oxygens (including phenoxy) is 1. The van der Waals surface area contributed by atoms with E-state index in [-0.39, 0.29) is 11.8 Å². The number of halogens is 1. The predicted octanol–water partition coefficient (Wildman–Crippen LogP) is 3.31. The first kappa shape index (κ1) is 19.1. The molecule has 2 aromatic carbocycles. The van der Waals surface area contributed by atoms with Gasteiger partial charge in [-0.05, 0) is 30.3 Å². The van der Waals surface area contributed by atoms with Crippen LogP contribution in [0.4, 0.5) is 17.1 Å². The minimum atomic E-state index is -1.03. The van der Waals surface area contributed by atoms with Gasteiger partial charge in [0.25, 0.3) is 0 Å². The normalized spacial score (nSPS) is 17.4. The zero-order valence-corrected chi connectivity index (χ0v) is 15.9. The molecule has 6 nitrogen and oxygen atoms in total. The molecule has 1 aliphatic heterocycles. The fourth-order valence-electron chi connectivity index (χ4n) is 2.94. The van der Waals surface area contributed by atoms with Crippen LogP contribution >= 0.6 is 11.6 Å². The molecule has 7 heteroatoms. The summed E-state index contributed by atoms with van der Waals surface area (Å²) in [6.45, 7) is 0.793. The van der Waals surface area contributed by atoms with E-state index < -0.39 is 5.92 Å². The smallest absolute Gasteiger partial charge is 0.249 e. The summed E-state index contributed by atoms with van der Waals surface area (Å²) in [5, 5.41) is 0.482. The number of aliphatic imine (C=N–C) groups is 1. The molecule has 0 N–H and O–H groups in total. The van der Waals surface area contributed by atoms with Crippen molar-refractivity contribution in [1.82, 2.24) is 0 Å². The van der Waals surface area contributed by atoms with E-state index in [1.807, 2.05) is 30.3 Å². The lowest BCUT2D eigenvalue weighted by atomic mass is 10.1. The summed E-state index contributed by atoms with van der Waals surface area (Å²) >= 11 is 6.19. The quantitative estimate of drug-likeness (QED) is 0.450. The molecule has 3 rings (SSSR count). The van der Waals surface area contributed by atoms with Crippen LogP contribution in [0.5, 0.6) is 0 Å². The second-order valence-electron chi connectivity index (χ2n) is 6.07. The number of methoxy groups -OCH3 is 1. The van der Waals surface area contributed by atoms with Crippen LogP contribution in [0.3, 0.4) is 0 Å². The Hall–Kier alpha value is -2.70. The maximum absolute atomic E-state index is 13.4. The molecular weight excluding hydrogens is 366 g/mol. The third-order valence-corrected chi connectivity index (χ3v) is 4.55. The highest BCUT2D eigenvalue weighted by Crippen LogP contribution is 2.39. The SMILES string of the molecule is COCCN=CC1C(=O)N(C)c2ccc(Cl)cc2N(c2ccccc2)C1=O. The topological polar surface area (TPSA) is 62.2 Å². The molecule has 0 fully saturated rings. The Morgan fingerprint density at radius 3 is 2.56 bits per heavy atom. The summed E-state index contributed by atoms with van der Waals surface area (Å²) < 4.78 is 4.97. The van der Waals surface area contributed by atoms with Crippen molar-refractivity contribution in [2.24, 2.45) is 10.9 Å². The molecule has 1 atom stereocenters. The lowest BCUT2D eigenvalue weighted by Gasteiger charge is -2.24. The Labute approximate surface area is 163 Å². The zero-order valence-electron chi connectivity index (χ0n) is 15.1. The third-order valence-electron chi connectivity index (χ3n) is 4.32. The number of fused-ring (bicyclic) bond motifs is 1. The number of amides is 2. The van der Waals surface area contributed by atoms with Gasteiger partial charge in [0.15, 0.2) is 5.92 Å². The second kappa shape index (κ2) is 8.33.